The van der Waals surface area contributed by atoms with Gasteiger partial charge in [-0.1, -0.05) is 38.8 Å². The summed E-state index contributed by atoms with van der Waals surface area (Å²) in [5.41, 5.74) is 0.539. The van der Waals surface area contributed by atoms with Crippen LogP contribution in [0.3, 0.4) is 0 Å². The van der Waals surface area contributed by atoms with Crippen molar-refractivity contribution in [3.8, 4) is 5.75 Å². The second-order valence-electron chi connectivity index (χ2n) is 6.72. The van der Waals surface area contributed by atoms with Gasteiger partial charge in [0.1, 0.15) is 5.75 Å². The van der Waals surface area contributed by atoms with Gasteiger partial charge in [-0.2, -0.15) is 0 Å². The maximum atomic E-state index is 12.5. The fourth-order valence-electron chi connectivity index (χ4n) is 3.13. The zero-order chi connectivity index (χ0) is 16.9. The second-order valence-corrected chi connectivity index (χ2v) is 6.72. The number of aliphatic carboxylic acids is 1. The molecule has 1 fully saturated rings. The van der Waals surface area contributed by atoms with Gasteiger partial charge in [-0.15, -0.1) is 0 Å². The minimum atomic E-state index is -1.01. The number of amides is 1. The van der Waals surface area contributed by atoms with Crippen LogP contribution in [0.2, 0.25) is 0 Å². The standard InChI is InChI=1S/C18H25NO4/c1-18(2,14-7-3-4-8-14)17(22)19-11-13-6-5-9-15(10-13)23-12-16(20)21/h5-6,9-10,14H,3-4,7-8,11-12H2,1-2H3,(H,19,22)(H,20,21). The fraction of sp³-hybridized carbons (Fsp3) is 0.556. The minimum absolute atomic E-state index is 0.0706. The zero-order valence-corrected chi connectivity index (χ0v) is 13.8. The van der Waals surface area contributed by atoms with Crippen LogP contribution in [0.15, 0.2) is 24.3 Å². The van der Waals surface area contributed by atoms with Gasteiger partial charge in [-0.3, -0.25) is 4.79 Å². The molecule has 1 amide bonds. The van der Waals surface area contributed by atoms with E-state index in [1.54, 1.807) is 18.2 Å². The summed E-state index contributed by atoms with van der Waals surface area (Å²) in [6.45, 7) is 4.08. The third kappa shape index (κ3) is 4.71. The lowest BCUT2D eigenvalue weighted by molar-refractivity contribution is -0.139. The molecule has 2 rings (SSSR count). The Morgan fingerprint density at radius 3 is 2.65 bits per heavy atom. The molecule has 0 atom stereocenters. The predicted octanol–water partition coefficient (Wildman–Crippen LogP) is 2.98. The third-order valence-electron chi connectivity index (χ3n) is 4.67. The van der Waals surface area contributed by atoms with Gasteiger partial charge in [0.15, 0.2) is 6.61 Å². The monoisotopic (exact) mass is 319 g/mol. The molecule has 0 saturated heterocycles. The van der Waals surface area contributed by atoms with E-state index in [9.17, 15) is 9.59 Å². The lowest BCUT2D eigenvalue weighted by Gasteiger charge is -2.30. The minimum Gasteiger partial charge on any atom is -0.482 e. The van der Waals surface area contributed by atoms with Crippen molar-refractivity contribution in [1.82, 2.24) is 5.32 Å². The highest BCUT2D eigenvalue weighted by Gasteiger charge is 2.37. The van der Waals surface area contributed by atoms with Gasteiger partial charge < -0.3 is 15.2 Å². The Hall–Kier alpha value is -2.04. The smallest absolute Gasteiger partial charge is 0.341 e. The Morgan fingerprint density at radius 1 is 1.30 bits per heavy atom. The molecular formula is C18H25NO4. The van der Waals surface area contributed by atoms with Crippen LogP contribution in [0, 0.1) is 11.3 Å². The maximum absolute atomic E-state index is 12.5. The summed E-state index contributed by atoms with van der Waals surface area (Å²) in [4.78, 5) is 23.0. The molecule has 1 aromatic carbocycles. The zero-order valence-electron chi connectivity index (χ0n) is 13.8. The summed E-state index contributed by atoms with van der Waals surface area (Å²) < 4.78 is 5.15. The van der Waals surface area contributed by atoms with E-state index in [4.69, 9.17) is 9.84 Å². The number of benzene rings is 1. The molecule has 5 heteroatoms. The summed E-state index contributed by atoms with van der Waals surface area (Å²) in [7, 11) is 0. The molecule has 0 heterocycles. The van der Waals surface area contributed by atoms with Crippen LogP contribution in [0.25, 0.3) is 0 Å². The van der Waals surface area contributed by atoms with Crippen molar-refractivity contribution in [2.24, 2.45) is 11.3 Å². The average molecular weight is 319 g/mol. The summed E-state index contributed by atoms with van der Waals surface area (Å²) >= 11 is 0. The number of hydrogen-bond donors (Lipinski definition) is 2. The van der Waals surface area contributed by atoms with Gasteiger partial charge >= 0.3 is 5.97 Å². The van der Waals surface area contributed by atoms with Crippen LogP contribution >= 0.6 is 0 Å². The van der Waals surface area contributed by atoms with E-state index in [0.717, 1.165) is 18.4 Å². The van der Waals surface area contributed by atoms with E-state index >= 15 is 0 Å². The summed E-state index contributed by atoms with van der Waals surface area (Å²) in [5, 5.41) is 11.6. The number of carboxylic acid groups (broad SMARTS) is 1. The van der Waals surface area contributed by atoms with E-state index in [-0.39, 0.29) is 17.9 Å². The van der Waals surface area contributed by atoms with Crippen molar-refractivity contribution >= 4 is 11.9 Å². The number of carbonyl (C=O) groups excluding carboxylic acids is 1. The van der Waals surface area contributed by atoms with Crippen molar-refractivity contribution in [2.45, 2.75) is 46.1 Å². The highest BCUT2D eigenvalue weighted by Crippen LogP contribution is 2.39. The van der Waals surface area contributed by atoms with Gasteiger partial charge in [0.2, 0.25) is 5.91 Å². The van der Waals surface area contributed by atoms with Crippen LogP contribution in [0.4, 0.5) is 0 Å². The Labute approximate surface area is 137 Å². The number of rotatable bonds is 7. The van der Waals surface area contributed by atoms with E-state index in [1.165, 1.54) is 12.8 Å². The summed E-state index contributed by atoms with van der Waals surface area (Å²) in [6.07, 6.45) is 4.67. The summed E-state index contributed by atoms with van der Waals surface area (Å²) in [5.74, 6) is 0.00483. The third-order valence-corrected chi connectivity index (χ3v) is 4.67. The molecule has 1 aliphatic carbocycles. The molecule has 126 valence electrons. The Balaban J connectivity index is 1.90. The summed E-state index contributed by atoms with van der Waals surface area (Å²) in [6, 6.07) is 7.14. The number of ether oxygens (including phenoxy) is 1. The molecule has 0 aromatic heterocycles. The van der Waals surface area contributed by atoms with Crippen LogP contribution in [0.1, 0.15) is 45.1 Å². The van der Waals surface area contributed by atoms with Crippen molar-refractivity contribution in [3.05, 3.63) is 29.8 Å². The molecule has 0 radical (unpaired) electrons. The maximum Gasteiger partial charge on any atom is 0.341 e. The molecule has 0 spiro atoms. The second kappa shape index (κ2) is 7.49. The molecule has 23 heavy (non-hydrogen) atoms. The Morgan fingerprint density at radius 2 is 2.00 bits per heavy atom. The quantitative estimate of drug-likeness (QED) is 0.810. The largest absolute Gasteiger partial charge is 0.482 e. The average Bonchev–Trinajstić information content (AvgIpc) is 3.06. The molecule has 0 bridgehead atoms. The van der Waals surface area contributed by atoms with Crippen molar-refractivity contribution in [3.63, 3.8) is 0 Å². The number of carbonyl (C=O) groups is 2. The first-order valence-corrected chi connectivity index (χ1v) is 8.11. The van der Waals surface area contributed by atoms with Crippen molar-refractivity contribution in [2.75, 3.05) is 6.61 Å². The van der Waals surface area contributed by atoms with E-state index in [0.29, 0.717) is 18.2 Å². The Kier molecular flexibility index (Phi) is 5.64. The van der Waals surface area contributed by atoms with Gasteiger partial charge in [-0.25, -0.2) is 4.79 Å². The molecule has 1 aliphatic rings. The van der Waals surface area contributed by atoms with Crippen LogP contribution in [-0.4, -0.2) is 23.6 Å². The molecule has 0 unspecified atom stereocenters. The number of carboxylic acids is 1. The van der Waals surface area contributed by atoms with Crippen molar-refractivity contribution < 1.29 is 19.4 Å². The van der Waals surface area contributed by atoms with Crippen LogP contribution in [0.5, 0.6) is 5.75 Å². The van der Waals surface area contributed by atoms with E-state index < -0.39 is 5.97 Å². The van der Waals surface area contributed by atoms with Crippen LogP contribution in [-0.2, 0) is 16.1 Å². The van der Waals surface area contributed by atoms with Gasteiger partial charge in [-0.05, 0) is 36.5 Å². The van der Waals surface area contributed by atoms with Gasteiger partial charge in [0.25, 0.3) is 0 Å². The number of hydrogen-bond acceptors (Lipinski definition) is 3. The van der Waals surface area contributed by atoms with E-state index in [2.05, 4.69) is 5.32 Å². The first-order chi connectivity index (χ1) is 10.9. The van der Waals surface area contributed by atoms with Crippen LogP contribution < -0.4 is 10.1 Å². The molecule has 2 N–H and O–H groups in total. The van der Waals surface area contributed by atoms with E-state index in [1.807, 2.05) is 19.9 Å². The fourth-order valence-corrected chi connectivity index (χ4v) is 3.13. The molecule has 1 aromatic rings. The molecule has 5 nitrogen and oxygen atoms in total. The topological polar surface area (TPSA) is 75.6 Å². The first kappa shape index (κ1) is 17.3. The highest BCUT2D eigenvalue weighted by molar-refractivity contribution is 5.82. The van der Waals surface area contributed by atoms with Crippen molar-refractivity contribution in [1.29, 1.82) is 0 Å². The number of nitrogens with one attached hydrogen (secondary N) is 1. The molecular weight excluding hydrogens is 294 g/mol. The predicted molar refractivity (Wildman–Crippen MR) is 87.2 cm³/mol. The first-order valence-electron chi connectivity index (χ1n) is 8.11. The molecule has 0 aliphatic heterocycles. The lowest BCUT2D eigenvalue weighted by atomic mass is 9.77. The highest BCUT2D eigenvalue weighted by atomic mass is 16.5. The normalized spacial score (nSPS) is 15.4. The van der Waals surface area contributed by atoms with Gasteiger partial charge in [0, 0.05) is 12.0 Å². The molecule has 1 saturated carbocycles. The SMILES string of the molecule is CC(C)(C(=O)NCc1cccc(OCC(=O)O)c1)C1CCCC1. The van der Waals surface area contributed by atoms with Gasteiger partial charge in [0.05, 0.1) is 0 Å². The Bertz CT molecular complexity index is 562. The lowest BCUT2D eigenvalue weighted by Crippen LogP contribution is -2.40.